The van der Waals surface area contributed by atoms with Crippen molar-refractivity contribution in [1.82, 2.24) is 29.9 Å². The van der Waals surface area contributed by atoms with E-state index in [1.165, 1.54) is 0 Å². The summed E-state index contributed by atoms with van der Waals surface area (Å²) in [5.74, 6) is 1.69. The van der Waals surface area contributed by atoms with Crippen molar-refractivity contribution in [2.75, 3.05) is 0 Å². The summed E-state index contributed by atoms with van der Waals surface area (Å²) in [5.41, 5.74) is 4.80. The van der Waals surface area contributed by atoms with E-state index in [-0.39, 0.29) is 0 Å². The highest BCUT2D eigenvalue weighted by atomic mass is 15.1. The van der Waals surface area contributed by atoms with Crippen LogP contribution in [0.4, 0.5) is 0 Å². The summed E-state index contributed by atoms with van der Waals surface area (Å²) in [7, 11) is 0. The van der Waals surface area contributed by atoms with Gasteiger partial charge < -0.3 is 0 Å². The molecule has 4 aromatic carbocycles. The van der Waals surface area contributed by atoms with Crippen LogP contribution in [-0.4, -0.2) is 29.9 Å². The normalized spacial score (nSPS) is 11.5. The average Bonchev–Trinajstić information content (AvgIpc) is 3.04. The fraction of sp³-hybridized carbons (Fsp3) is 0. The molecule has 0 radical (unpaired) electrons. The Hall–Kier alpha value is -5.62. The summed E-state index contributed by atoms with van der Waals surface area (Å²) in [6, 6.07) is 38.5. The second kappa shape index (κ2) is 8.99. The molecule has 0 spiro atoms. The minimum Gasteiger partial charge on any atom is -0.254 e. The quantitative estimate of drug-likeness (QED) is 0.179. The van der Waals surface area contributed by atoms with Gasteiger partial charge in [0.1, 0.15) is 5.69 Å². The SMILES string of the molecule is c1ccc(-c2nc(-c3ccccc3)nc(-c3nc4nc5c(ccc6cccnc65)cc4c4ccccc34)n2)cc1. The van der Waals surface area contributed by atoms with Gasteiger partial charge in [-0.2, -0.15) is 0 Å². The van der Waals surface area contributed by atoms with Crippen LogP contribution >= 0.6 is 0 Å². The number of aromatic nitrogens is 6. The third-order valence-electron chi connectivity index (χ3n) is 7.14. The van der Waals surface area contributed by atoms with Gasteiger partial charge in [-0.3, -0.25) is 4.98 Å². The molecule has 0 saturated heterocycles. The number of rotatable bonds is 3. The summed E-state index contributed by atoms with van der Waals surface area (Å²) in [5, 5.41) is 5.04. The van der Waals surface area contributed by atoms with Gasteiger partial charge in [0.25, 0.3) is 0 Å². The van der Waals surface area contributed by atoms with Gasteiger partial charge in [0.05, 0.1) is 11.0 Å². The summed E-state index contributed by atoms with van der Waals surface area (Å²) in [4.78, 5) is 29.5. The first-order valence-electron chi connectivity index (χ1n) is 13.1. The zero-order valence-electron chi connectivity index (χ0n) is 21.2. The van der Waals surface area contributed by atoms with E-state index in [9.17, 15) is 0 Å². The third-order valence-corrected chi connectivity index (χ3v) is 7.14. The lowest BCUT2D eigenvalue weighted by Gasteiger charge is -2.12. The van der Waals surface area contributed by atoms with Crippen molar-refractivity contribution in [3.05, 3.63) is 121 Å². The van der Waals surface area contributed by atoms with Crippen molar-refractivity contribution in [3.63, 3.8) is 0 Å². The van der Waals surface area contributed by atoms with Crippen LogP contribution in [0.15, 0.2) is 121 Å². The maximum absolute atomic E-state index is 5.11. The molecule has 4 aromatic heterocycles. The molecule has 4 heterocycles. The summed E-state index contributed by atoms with van der Waals surface area (Å²) < 4.78 is 0. The molecule has 0 N–H and O–H groups in total. The third kappa shape index (κ3) is 3.66. The molecule has 8 rings (SSSR count). The first-order valence-corrected chi connectivity index (χ1v) is 13.1. The molecule has 40 heavy (non-hydrogen) atoms. The zero-order valence-corrected chi connectivity index (χ0v) is 21.2. The fourth-order valence-corrected chi connectivity index (χ4v) is 5.22. The molecule has 0 atom stereocenters. The van der Waals surface area contributed by atoms with Crippen molar-refractivity contribution in [2.45, 2.75) is 0 Å². The Morgan fingerprint density at radius 3 is 1.75 bits per heavy atom. The molecule has 0 aliphatic heterocycles. The topological polar surface area (TPSA) is 77.3 Å². The van der Waals surface area contributed by atoms with Crippen LogP contribution in [0.3, 0.4) is 0 Å². The summed E-state index contributed by atoms with van der Waals surface area (Å²) in [6.45, 7) is 0. The largest absolute Gasteiger partial charge is 0.254 e. The van der Waals surface area contributed by atoms with Gasteiger partial charge in [0.15, 0.2) is 23.1 Å². The van der Waals surface area contributed by atoms with Gasteiger partial charge in [0.2, 0.25) is 0 Å². The van der Waals surface area contributed by atoms with Crippen LogP contribution in [-0.2, 0) is 0 Å². The van der Waals surface area contributed by atoms with Crippen molar-refractivity contribution >= 4 is 43.6 Å². The molecule has 6 heteroatoms. The molecule has 6 nitrogen and oxygen atoms in total. The highest BCUT2D eigenvalue weighted by molar-refractivity contribution is 6.14. The molecule has 0 bridgehead atoms. The molecule has 8 aromatic rings. The van der Waals surface area contributed by atoms with Crippen LogP contribution in [0, 0.1) is 0 Å². The van der Waals surface area contributed by atoms with E-state index in [2.05, 4.69) is 35.3 Å². The maximum Gasteiger partial charge on any atom is 0.183 e. The molecule has 0 aliphatic rings. The smallest absolute Gasteiger partial charge is 0.183 e. The molecular weight excluding hydrogens is 492 g/mol. The van der Waals surface area contributed by atoms with E-state index in [4.69, 9.17) is 24.9 Å². The van der Waals surface area contributed by atoms with Crippen molar-refractivity contribution in [1.29, 1.82) is 0 Å². The molecule has 0 saturated carbocycles. The molecule has 0 fully saturated rings. The number of fused-ring (bicyclic) bond motifs is 6. The Bertz CT molecular complexity index is 2160. The molecule has 186 valence electrons. The summed E-state index contributed by atoms with van der Waals surface area (Å²) in [6.07, 6.45) is 1.80. The minimum absolute atomic E-state index is 0.503. The monoisotopic (exact) mass is 512 g/mol. The number of benzene rings is 4. The van der Waals surface area contributed by atoms with Gasteiger partial charge in [-0.15, -0.1) is 0 Å². The lowest BCUT2D eigenvalue weighted by molar-refractivity contribution is 1.06. The average molecular weight is 513 g/mol. The molecule has 0 aliphatic carbocycles. The van der Waals surface area contributed by atoms with Gasteiger partial charge in [-0.1, -0.05) is 103 Å². The van der Waals surface area contributed by atoms with E-state index in [1.807, 2.05) is 84.9 Å². The van der Waals surface area contributed by atoms with Gasteiger partial charge in [-0.25, -0.2) is 24.9 Å². The zero-order chi connectivity index (χ0) is 26.5. The Balaban J connectivity index is 1.45. The van der Waals surface area contributed by atoms with Crippen LogP contribution in [0.5, 0.6) is 0 Å². The Morgan fingerprint density at radius 1 is 0.400 bits per heavy atom. The second-order valence-electron chi connectivity index (χ2n) is 9.62. The first-order chi connectivity index (χ1) is 19.8. The van der Waals surface area contributed by atoms with E-state index < -0.39 is 0 Å². The van der Waals surface area contributed by atoms with Crippen molar-refractivity contribution in [3.8, 4) is 34.3 Å². The lowest BCUT2D eigenvalue weighted by Crippen LogP contribution is -2.02. The van der Waals surface area contributed by atoms with Crippen molar-refractivity contribution < 1.29 is 0 Å². The molecule has 0 amide bonds. The fourth-order valence-electron chi connectivity index (χ4n) is 5.22. The van der Waals surface area contributed by atoms with Gasteiger partial charge >= 0.3 is 0 Å². The highest BCUT2D eigenvalue weighted by Crippen LogP contribution is 2.34. The van der Waals surface area contributed by atoms with Crippen LogP contribution in [0.1, 0.15) is 0 Å². The van der Waals surface area contributed by atoms with Gasteiger partial charge in [0, 0.05) is 38.9 Å². The Kier molecular flexibility index (Phi) is 5.03. The Labute approximate surface area is 229 Å². The predicted molar refractivity (Wildman–Crippen MR) is 160 cm³/mol. The first kappa shape index (κ1) is 22.4. The maximum atomic E-state index is 5.11. The predicted octanol–water partition coefficient (Wildman–Crippen LogP) is 7.67. The minimum atomic E-state index is 0.503. The summed E-state index contributed by atoms with van der Waals surface area (Å²) >= 11 is 0. The molecular formula is C34H20N6. The van der Waals surface area contributed by atoms with E-state index in [0.717, 1.165) is 49.1 Å². The van der Waals surface area contributed by atoms with Crippen molar-refractivity contribution in [2.24, 2.45) is 0 Å². The standard InChI is InChI=1S/C34H20N6/c1-3-10-22(11-4-1)31-38-32(23-12-5-2-6-13-23)40-34(39-31)30-26-16-8-7-15-25(26)27-20-24-18-17-21-14-9-19-35-28(21)29(24)36-33(27)37-30/h1-20H. The van der Waals surface area contributed by atoms with E-state index in [0.29, 0.717) is 28.8 Å². The van der Waals surface area contributed by atoms with Crippen LogP contribution in [0.2, 0.25) is 0 Å². The van der Waals surface area contributed by atoms with Crippen LogP contribution in [0.25, 0.3) is 77.9 Å². The number of pyridine rings is 3. The highest BCUT2D eigenvalue weighted by Gasteiger charge is 2.18. The van der Waals surface area contributed by atoms with Crippen LogP contribution < -0.4 is 0 Å². The van der Waals surface area contributed by atoms with Gasteiger partial charge in [-0.05, 0) is 17.5 Å². The second-order valence-corrected chi connectivity index (χ2v) is 9.62. The number of nitrogens with zero attached hydrogens (tertiary/aromatic N) is 6. The Morgan fingerprint density at radius 2 is 1.02 bits per heavy atom. The number of hydrogen-bond acceptors (Lipinski definition) is 6. The van der Waals surface area contributed by atoms with E-state index >= 15 is 0 Å². The number of hydrogen-bond donors (Lipinski definition) is 0. The molecule has 0 unspecified atom stereocenters. The van der Waals surface area contributed by atoms with E-state index in [1.54, 1.807) is 6.20 Å². The lowest BCUT2D eigenvalue weighted by atomic mass is 10.0.